The van der Waals surface area contributed by atoms with Crippen LogP contribution in [0, 0.1) is 12.7 Å². The fraction of sp³-hybridized carbons (Fsp3) is 0.400. The summed E-state index contributed by atoms with van der Waals surface area (Å²) in [7, 11) is -3.18. The predicted molar refractivity (Wildman–Crippen MR) is 81.4 cm³/mol. The summed E-state index contributed by atoms with van der Waals surface area (Å²) in [5.41, 5.74) is 1.20. The number of nitrogens with zero attached hydrogens (tertiary/aromatic N) is 1. The van der Waals surface area contributed by atoms with E-state index in [4.69, 9.17) is 4.42 Å². The molecule has 0 aliphatic carbocycles. The molecule has 22 heavy (non-hydrogen) atoms. The minimum absolute atomic E-state index is 0.114. The second kappa shape index (κ2) is 6.58. The molecular formula is C15H19FN2O3S. The first kappa shape index (κ1) is 16.6. The summed E-state index contributed by atoms with van der Waals surface area (Å²) in [5, 5.41) is 3.16. The van der Waals surface area contributed by atoms with E-state index in [0.29, 0.717) is 29.3 Å². The number of aromatic nitrogens is 1. The van der Waals surface area contributed by atoms with Gasteiger partial charge in [0.15, 0.2) is 9.84 Å². The summed E-state index contributed by atoms with van der Waals surface area (Å²) in [6.45, 7) is 4.01. The highest BCUT2D eigenvalue weighted by Gasteiger charge is 2.14. The quantitative estimate of drug-likeness (QED) is 0.883. The molecule has 7 heteroatoms. The number of aryl methyl sites for hydroxylation is 1. The standard InChI is InChI=1S/C15H19FN2O3S/c1-10-7-18-15(21-10)11(2)17-8-13-6-14(16)5-4-12(13)9-22(3,19)20/h4-7,11,17H,8-9H2,1-3H3. The van der Waals surface area contributed by atoms with Crippen molar-refractivity contribution in [3.8, 4) is 0 Å². The van der Waals surface area contributed by atoms with Crippen molar-refractivity contribution in [2.45, 2.75) is 32.2 Å². The van der Waals surface area contributed by atoms with Gasteiger partial charge in [-0.3, -0.25) is 0 Å². The van der Waals surface area contributed by atoms with Crippen LogP contribution >= 0.6 is 0 Å². The molecule has 0 saturated heterocycles. The zero-order chi connectivity index (χ0) is 16.3. The maximum absolute atomic E-state index is 13.4. The first-order chi connectivity index (χ1) is 10.2. The molecule has 0 spiro atoms. The minimum Gasteiger partial charge on any atom is -0.444 e. The number of halogens is 1. The molecule has 2 rings (SSSR count). The fourth-order valence-electron chi connectivity index (χ4n) is 2.11. The van der Waals surface area contributed by atoms with E-state index in [2.05, 4.69) is 10.3 Å². The van der Waals surface area contributed by atoms with Crippen molar-refractivity contribution in [2.24, 2.45) is 0 Å². The summed E-state index contributed by atoms with van der Waals surface area (Å²) in [5.74, 6) is 0.746. The van der Waals surface area contributed by atoms with Crippen molar-refractivity contribution in [3.63, 3.8) is 0 Å². The Morgan fingerprint density at radius 3 is 2.68 bits per heavy atom. The molecule has 0 radical (unpaired) electrons. The monoisotopic (exact) mass is 326 g/mol. The Morgan fingerprint density at radius 1 is 1.36 bits per heavy atom. The third-order valence-electron chi connectivity index (χ3n) is 3.19. The molecule has 1 aromatic heterocycles. The molecular weight excluding hydrogens is 307 g/mol. The second-order valence-electron chi connectivity index (χ2n) is 5.39. The van der Waals surface area contributed by atoms with Gasteiger partial charge in [-0.05, 0) is 37.1 Å². The number of rotatable bonds is 6. The minimum atomic E-state index is -3.18. The van der Waals surface area contributed by atoms with Crippen LogP contribution in [0.4, 0.5) is 4.39 Å². The van der Waals surface area contributed by atoms with Gasteiger partial charge in [-0.25, -0.2) is 17.8 Å². The van der Waals surface area contributed by atoms with E-state index in [1.165, 1.54) is 18.2 Å². The number of sulfone groups is 1. The van der Waals surface area contributed by atoms with Gasteiger partial charge in [0.1, 0.15) is 11.6 Å². The van der Waals surface area contributed by atoms with Gasteiger partial charge in [-0.1, -0.05) is 6.07 Å². The Kier molecular flexibility index (Phi) is 4.97. The van der Waals surface area contributed by atoms with Crippen LogP contribution in [0.25, 0.3) is 0 Å². The molecule has 1 atom stereocenters. The number of benzene rings is 1. The summed E-state index contributed by atoms with van der Waals surface area (Å²) in [6, 6.07) is 3.96. The molecule has 0 aliphatic rings. The Hall–Kier alpha value is -1.73. The van der Waals surface area contributed by atoms with E-state index in [-0.39, 0.29) is 11.8 Å². The average Bonchev–Trinajstić information content (AvgIpc) is 2.84. The second-order valence-corrected chi connectivity index (χ2v) is 7.54. The van der Waals surface area contributed by atoms with E-state index in [1.54, 1.807) is 13.1 Å². The van der Waals surface area contributed by atoms with Crippen molar-refractivity contribution >= 4 is 9.84 Å². The number of oxazole rings is 1. The van der Waals surface area contributed by atoms with Gasteiger partial charge in [-0.2, -0.15) is 0 Å². The topological polar surface area (TPSA) is 72.2 Å². The van der Waals surface area contributed by atoms with Crippen LogP contribution in [0.5, 0.6) is 0 Å². The van der Waals surface area contributed by atoms with E-state index in [1.807, 2.05) is 6.92 Å². The number of hydrogen-bond acceptors (Lipinski definition) is 5. The highest BCUT2D eigenvalue weighted by molar-refractivity contribution is 7.89. The van der Waals surface area contributed by atoms with Crippen LogP contribution in [0.15, 0.2) is 28.8 Å². The SMILES string of the molecule is Cc1cnc(C(C)NCc2cc(F)ccc2CS(C)(=O)=O)o1. The predicted octanol–water partition coefficient (Wildman–Crippen LogP) is 2.52. The van der Waals surface area contributed by atoms with E-state index in [9.17, 15) is 12.8 Å². The Labute approximate surface area is 129 Å². The highest BCUT2D eigenvalue weighted by atomic mass is 32.2. The van der Waals surface area contributed by atoms with Crippen molar-refractivity contribution in [1.29, 1.82) is 0 Å². The van der Waals surface area contributed by atoms with Crippen molar-refractivity contribution in [1.82, 2.24) is 10.3 Å². The maximum Gasteiger partial charge on any atom is 0.211 e. The van der Waals surface area contributed by atoms with Crippen LogP contribution in [0.3, 0.4) is 0 Å². The summed E-state index contributed by atoms with van der Waals surface area (Å²) >= 11 is 0. The van der Waals surface area contributed by atoms with Crippen LogP contribution in [0.1, 0.15) is 35.7 Å². The van der Waals surface area contributed by atoms with Crippen molar-refractivity contribution in [2.75, 3.05) is 6.26 Å². The average molecular weight is 326 g/mol. The molecule has 0 aliphatic heterocycles. The normalized spacial score (nSPS) is 13.3. The molecule has 0 amide bonds. The van der Waals surface area contributed by atoms with Crippen LogP contribution in [-0.2, 0) is 22.1 Å². The highest BCUT2D eigenvalue weighted by Crippen LogP contribution is 2.17. The van der Waals surface area contributed by atoms with Gasteiger partial charge in [-0.15, -0.1) is 0 Å². The summed E-state index contributed by atoms with van der Waals surface area (Å²) < 4.78 is 41.8. The van der Waals surface area contributed by atoms with Gasteiger partial charge in [0.05, 0.1) is 18.0 Å². The first-order valence-electron chi connectivity index (χ1n) is 6.85. The summed E-state index contributed by atoms with van der Waals surface area (Å²) in [6.07, 6.45) is 2.79. The molecule has 1 heterocycles. The van der Waals surface area contributed by atoms with Crippen molar-refractivity contribution < 1.29 is 17.2 Å². The zero-order valence-corrected chi connectivity index (χ0v) is 13.6. The third-order valence-corrected chi connectivity index (χ3v) is 4.03. The Morgan fingerprint density at radius 2 is 2.09 bits per heavy atom. The lowest BCUT2D eigenvalue weighted by molar-refractivity contribution is 0.402. The molecule has 1 N–H and O–H groups in total. The lowest BCUT2D eigenvalue weighted by Gasteiger charge is -2.13. The van der Waals surface area contributed by atoms with Gasteiger partial charge in [0, 0.05) is 12.8 Å². The van der Waals surface area contributed by atoms with Gasteiger partial charge in [0.25, 0.3) is 0 Å². The third kappa shape index (κ3) is 4.64. The molecule has 1 aromatic carbocycles. The van der Waals surface area contributed by atoms with Crippen LogP contribution in [-0.4, -0.2) is 19.7 Å². The molecule has 2 aromatic rings. The fourth-order valence-corrected chi connectivity index (χ4v) is 2.95. The van der Waals surface area contributed by atoms with Crippen LogP contribution in [0.2, 0.25) is 0 Å². The van der Waals surface area contributed by atoms with E-state index < -0.39 is 15.7 Å². The van der Waals surface area contributed by atoms with E-state index >= 15 is 0 Å². The molecule has 0 saturated carbocycles. The number of nitrogens with one attached hydrogen (secondary N) is 1. The van der Waals surface area contributed by atoms with Gasteiger partial charge >= 0.3 is 0 Å². The lowest BCUT2D eigenvalue weighted by Crippen LogP contribution is -2.20. The smallest absolute Gasteiger partial charge is 0.211 e. The largest absolute Gasteiger partial charge is 0.444 e. The molecule has 120 valence electrons. The molecule has 1 unspecified atom stereocenters. The maximum atomic E-state index is 13.4. The van der Waals surface area contributed by atoms with E-state index in [0.717, 1.165) is 6.26 Å². The Balaban J connectivity index is 2.13. The van der Waals surface area contributed by atoms with Crippen molar-refractivity contribution in [3.05, 3.63) is 53.0 Å². The molecule has 0 bridgehead atoms. The van der Waals surface area contributed by atoms with Crippen LogP contribution < -0.4 is 5.32 Å². The first-order valence-corrected chi connectivity index (χ1v) is 8.91. The molecule has 0 fully saturated rings. The lowest BCUT2D eigenvalue weighted by atomic mass is 10.1. The van der Waals surface area contributed by atoms with Gasteiger partial charge in [0.2, 0.25) is 5.89 Å². The number of hydrogen-bond donors (Lipinski definition) is 1. The Bertz CT molecular complexity index is 756. The summed E-state index contributed by atoms with van der Waals surface area (Å²) in [4.78, 5) is 4.13. The molecule has 5 nitrogen and oxygen atoms in total. The zero-order valence-electron chi connectivity index (χ0n) is 12.8. The van der Waals surface area contributed by atoms with Gasteiger partial charge < -0.3 is 9.73 Å².